The lowest BCUT2D eigenvalue weighted by Crippen LogP contribution is -2.35. The molecule has 0 spiro atoms. The minimum atomic E-state index is -0.438. The Morgan fingerprint density at radius 1 is 1.17 bits per heavy atom. The van der Waals surface area contributed by atoms with Crippen LogP contribution in [0.2, 0.25) is 5.02 Å². The van der Waals surface area contributed by atoms with Crippen molar-refractivity contribution in [1.29, 1.82) is 5.41 Å². The molecule has 2 aromatic rings. The molecule has 0 radical (unpaired) electrons. The monoisotopic (exact) mass is 508 g/mol. The highest BCUT2D eigenvalue weighted by atomic mass is 35.5. The number of nitrogens with one attached hydrogen (secondary N) is 1. The van der Waals surface area contributed by atoms with Crippen molar-refractivity contribution in [2.45, 2.75) is 38.7 Å². The maximum Gasteiger partial charge on any atom is 0.283 e. The van der Waals surface area contributed by atoms with Crippen molar-refractivity contribution in [3.8, 4) is 11.5 Å². The number of amides is 1. The second-order valence-electron chi connectivity index (χ2n) is 8.58. The van der Waals surface area contributed by atoms with Gasteiger partial charge in [-0.15, -0.1) is 0 Å². The molecule has 2 aliphatic heterocycles. The van der Waals surface area contributed by atoms with Crippen molar-refractivity contribution in [1.82, 2.24) is 5.01 Å². The van der Waals surface area contributed by atoms with Crippen LogP contribution in [0.25, 0.3) is 6.08 Å². The summed E-state index contributed by atoms with van der Waals surface area (Å²) in [4.78, 5) is 17.0. The zero-order valence-electron chi connectivity index (χ0n) is 19.3. The molecule has 0 aromatic heterocycles. The van der Waals surface area contributed by atoms with E-state index < -0.39 is 5.91 Å². The lowest BCUT2D eigenvalue weighted by Gasteiger charge is -2.20. The van der Waals surface area contributed by atoms with Gasteiger partial charge in [0.1, 0.15) is 11.7 Å². The van der Waals surface area contributed by atoms with Crippen LogP contribution in [-0.2, 0) is 11.4 Å². The van der Waals surface area contributed by atoms with Crippen LogP contribution in [0.3, 0.4) is 0 Å². The molecular weight excluding hydrogens is 484 g/mol. The summed E-state index contributed by atoms with van der Waals surface area (Å²) < 4.78 is 11.4. The molecule has 0 unspecified atom stereocenters. The molecule has 1 amide bonds. The number of fused-ring (bicyclic) bond motifs is 1. The summed E-state index contributed by atoms with van der Waals surface area (Å²) in [7, 11) is 1.56. The highest BCUT2D eigenvalue weighted by Gasteiger charge is 2.37. The summed E-state index contributed by atoms with van der Waals surface area (Å²) in [5, 5.41) is 16.9. The average Bonchev–Trinajstić information content (AvgIpc) is 3.31. The van der Waals surface area contributed by atoms with E-state index in [2.05, 4.69) is 10.1 Å². The predicted molar refractivity (Wildman–Crippen MR) is 140 cm³/mol. The Bertz CT molecular complexity index is 1270. The summed E-state index contributed by atoms with van der Waals surface area (Å²) in [5.41, 5.74) is 1.76. The van der Waals surface area contributed by atoms with Gasteiger partial charge in [0.25, 0.3) is 5.91 Å². The standard InChI is InChI=1S/C26H25ClN4O3S/c1-33-22-14-16(11-12-21(22)34-15-18-9-5-6-10-20(18)27)13-19-23(28)31-26(29-24(19)32)35-25(30-31)17-7-3-2-4-8-17/h5-6,9-14,17,28H,2-4,7-8,15H2,1H3/b19-13-,28-23?. The fourth-order valence-corrected chi connectivity index (χ4v) is 5.60. The molecule has 1 aliphatic carbocycles. The van der Waals surface area contributed by atoms with Crippen LogP contribution in [0.1, 0.15) is 43.2 Å². The van der Waals surface area contributed by atoms with Crippen LogP contribution in [0.5, 0.6) is 11.5 Å². The van der Waals surface area contributed by atoms with Gasteiger partial charge in [-0.3, -0.25) is 10.2 Å². The molecule has 2 aromatic carbocycles. The number of rotatable bonds is 6. The zero-order chi connectivity index (χ0) is 24.4. The number of methoxy groups -OCH3 is 1. The number of benzene rings is 2. The number of hydrogen-bond donors (Lipinski definition) is 1. The molecular formula is C26H25ClN4O3S. The van der Waals surface area contributed by atoms with E-state index in [1.54, 1.807) is 25.3 Å². The van der Waals surface area contributed by atoms with Gasteiger partial charge in [0, 0.05) is 16.5 Å². The fraction of sp³-hybridized carbons (Fsp3) is 0.308. The van der Waals surface area contributed by atoms with Gasteiger partial charge in [-0.05, 0) is 54.4 Å². The Hall–Kier alpha value is -3.10. The number of thioether (sulfide) groups is 1. The summed E-state index contributed by atoms with van der Waals surface area (Å²) in [6.45, 7) is 0.297. The fourth-order valence-electron chi connectivity index (χ4n) is 4.35. The first-order valence-corrected chi connectivity index (χ1v) is 12.8. The normalized spacial score (nSPS) is 19.5. The first-order valence-electron chi connectivity index (χ1n) is 11.6. The van der Waals surface area contributed by atoms with Crippen molar-refractivity contribution in [3.63, 3.8) is 0 Å². The van der Waals surface area contributed by atoms with E-state index >= 15 is 0 Å². The van der Waals surface area contributed by atoms with Gasteiger partial charge in [0.05, 0.1) is 12.7 Å². The van der Waals surface area contributed by atoms with Crippen LogP contribution >= 0.6 is 23.4 Å². The van der Waals surface area contributed by atoms with Crippen molar-refractivity contribution in [2.24, 2.45) is 16.0 Å². The molecule has 2 heterocycles. The van der Waals surface area contributed by atoms with E-state index in [1.807, 2.05) is 30.3 Å². The number of halogens is 1. The van der Waals surface area contributed by atoms with Crippen LogP contribution in [-0.4, -0.2) is 34.1 Å². The Labute approximate surface area is 213 Å². The largest absolute Gasteiger partial charge is 0.493 e. The quantitative estimate of drug-likeness (QED) is 0.474. The molecule has 5 rings (SSSR count). The SMILES string of the molecule is COc1cc(/C=C2/C(=N)N3N=C(C4CCCCC4)SC3=NC2=O)ccc1OCc1ccccc1Cl. The molecule has 3 aliphatic rings. The van der Waals surface area contributed by atoms with Crippen LogP contribution in [0, 0.1) is 11.3 Å². The molecule has 7 nitrogen and oxygen atoms in total. The molecule has 9 heteroatoms. The molecule has 1 fully saturated rings. The minimum absolute atomic E-state index is 0.0383. The number of ether oxygens (including phenoxy) is 2. The molecule has 35 heavy (non-hydrogen) atoms. The molecule has 1 saturated carbocycles. The number of aliphatic imine (C=N–C) groups is 1. The Morgan fingerprint density at radius 2 is 1.97 bits per heavy atom. The van der Waals surface area contributed by atoms with Crippen molar-refractivity contribution >= 4 is 51.4 Å². The summed E-state index contributed by atoms with van der Waals surface area (Å²) in [6.07, 6.45) is 7.48. The lowest BCUT2D eigenvalue weighted by molar-refractivity contribution is -0.114. The van der Waals surface area contributed by atoms with Crippen molar-refractivity contribution in [3.05, 3.63) is 64.2 Å². The van der Waals surface area contributed by atoms with Gasteiger partial charge in [-0.25, -0.2) is 0 Å². The Morgan fingerprint density at radius 3 is 2.74 bits per heavy atom. The lowest BCUT2D eigenvalue weighted by atomic mass is 9.90. The van der Waals surface area contributed by atoms with Crippen LogP contribution < -0.4 is 9.47 Å². The number of hydrazone groups is 1. The van der Waals surface area contributed by atoms with Gasteiger partial charge in [0.15, 0.2) is 17.3 Å². The third-order valence-corrected chi connectivity index (χ3v) is 7.70. The molecule has 0 bridgehead atoms. The number of hydrogen-bond acceptors (Lipinski definition) is 6. The van der Waals surface area contributed by atoms with Crippen LogP contribution in [0.4, 0.5) is 0 Å². The zero-order valence-corrected chi connectivity index (χ0v) is 20.9. The third kappa shape index (κ3) is 4.99. The smallest absolute Gasteiger partial charge is 0.283 e. The van der Waals surface area contributed by atoms with E-state index in [0.29, 0.717) is 39.8 Å². The van der Waals surface area contributed by atoms with Gasteiger partial charge >= 0.3 is 0 Å². The van der Waals surface area contributed by atoms with Crippen LogP contribution in [0.15, 0.2) is 58.1 Å². The molecule has 1 N–H and O–H groups in total. The number of carbonyl (C=O) groups is 1. The van der Waals surface area contributed by atoms with Crippen molar-refractivity contribution in [2.75, 3.05) is 7.11 Å². The topological polar surface area (TPSA) is 87.3 Å². The van der Waals surface area contributed by atoms with E-state index in [1.165, 1.54) is 36.0 Å². The van der Waals surface area contributed by atoms with Gasteiger partial charge < -0.3 is 9.47 Å². The van der Waals surface area contributed by atoms with E-state index in [0.717, 1.165) is 23.4 Å². The van der Waals surface area contributed by atoms with Gasteiger partial charge in [-0.2, -0.15) is 15.1 Å². The molecule has 180 valence electrons. The number of amidine groups is 2. The van der Waals surface area contributed by atoms with Gasteiger partial charge in [0.2, 0.25) is 5.17 Å². The van der Waals surface area contributed by atoms with E-state index in [4.69, 9.17) is 26.5 Å². The average molecular weight is 509 g/mol. The van der Waals surface area contributed by atoms with E-state index in [-0.39, 0.29) is 11.4 Å². The third-order valence-electron chi connectivity index (χ3n) is 6.26. The Kier molecular flexibility index (Phi) is 6.92. The van der Waals surface area contributed by atoms with Gasteiger partial charge in [-0.1, -0.05) is 55.1 Å². The maximum absolute atomic E-state index is 12.8. The first-order chi connectivity index (χ1) is 17.0. The van der Waals surface area contributed by atoms with E-state index in [9.17, 15) is 4.79 Å². The molecule has 0 atom stereocenters. The minimum Gasteiger partial charge on any atom is -0.493 e. The number of nitrogens with zero attached hydrogens (tertiary/aromatic N) is 3. The highest BCUT2D eigenvalue weighted by Crippen LogP contribution is 2.37. The number of carbonyl (C=O) groups excluding carboxylic acids is 1. The summed E-state index contributed by atoms with van der Waals surface area (Å²) in [6, 6.07) is 12.9. The molecule has 0 saturated heterocycles. The second-order valence-corrected chi connectivity index (χ2v) is 9.98. The maximum atomic E-state index is 12.8. The highest BCUT2D eigenvalue weighted by molar-refractivity contribution is 8.27. The second kappa shape index (κ2) is 10.3. The van der Waals surface area contributed by atoms with Crippen molar-refractivity contribution < 1.29 is 14.3 Å². The summed E-state index contributed by atoms with van der Waals surface area (Å²) >= 11 is 7.64. The predicted octanol–water partition coefficient (Wildman–Crippen LogP) is 6.13. The Balaban J connectivity index is 1.35. The first kappa shape index (κ1) is 23.6. The summed E-state index contributed by atoms with van der Waals surface area (Å²) in [5.74, 6) is 1.06.